The van der Waals surface area contributed by atoms with Crippen LogP contribution < -0.4 is 15.8 Å². The number of pyridine rings is 1. The molecule has 3 N–H and O–H groups in total. The Morgan fingerprint density at radius 2 is 1.88 bits per heavy atom. The molecule has 1 aliphatic carbocycles. The highest BCUT2D eigenvalue weighted by atomic mass is 19.4. The van der Waals surface area contributed by atoms with E-state index >= 15 is 0 Å². The van der Waals surface area contributed by atoms with Crippen molar-refractivity contribution in [3.8, 4) is 17.3 Å². The van der Waals surface area contributed by atoms with E-state index in [4.69, 9.17) is 25.2 Å². The molecule has 3 aromatic heterocycles. The van der Waals surface area contributed by atoms with Crippen LogP contribution in [-0.2, 0) is 23.1 Å². The zero-order valence-electron chi connectivity index (χ0n) is 29.0. The molecule has 0 radical (unpaired) electrons. The van der Waals surface area contributed by atoms with E-state index in [1.54, 1.807) is 44.2 Å². The summed E-state index contributed by atoms with van der Waals surface area (Å²) in [5.41, 5.74) is 7.56. The third kappa shape index (κ3) is 5.79. The Hall–Kier alpha value is -4.17. The van der Waals surface area contributed by atoms with Gasteiger partial charge in [0.25, 0.3) is 5.91 Å². The Bertz CT molecular complexity index is 1970. The molecule has 1 aromatic carbocycles. The van der Waals surface area contributed by atoms with Gasteiger partial charge in [-0.05, 0) is 75.3 Å². The average molecular weight is 696 g/mol. The summed E-state index contributed by atoms with van der Waals surface area (Å²) in [5, 5.41) is 3.46. The molecular formula is C36H44F3N7O4. The van der Waals surface area contributed by atoms with E-state index < -0.39 is 23.5 Å². The number of alkyl halides is 3. The summed E-state index contributed by atoms with van der Waals surface area (Å²) >= 11 is 0. The van der Waals surface area contributed by atoms with Crippen molar-refractivity contribution in [1.29, 1.82) is 0 Å². The number of carbonyl (C=O) groups is 2. The minimum Gasteiger partial charge on any atom is -0.494 e. The number of nitrogens with zero attached hydrogens (tertiary/aromatic N) is 5. The molecule has 0 unspecified atom stereocenters. The van der Waals surface area contributed by atoms with Gasteiger partial charge in [0.1, 0.15) is 22.3 Å². The topological polar surface area (TPSA) is 130 Å². The number of hydrogen-bond acceptors (Lipinski definition) is 7. The van der Waals surface area contributed by atoms with Crippen molar-refractivity contribution in [1.82, 2.24) is 29.3 Å². The molecule has 2 aliphatic heterocycles. The van der Waals surface area contributed by atoms with Gasteiger partial charge in [-0.2, -0.15) is 13.2 Å². The fourth-order valence-corrected chi connectivity index (χ4v) is 7.85. The molecule has 0 spiro atoms. The van der Waals surface area contributed by atoms with Crippen molar-refractivity contribution in [3.63, 3.8) is 0 Å². The molecule has 6 atom stereocenters. The number of carbonyl (C=O) groups excluding carboxylic acids is 2. The summed E-state index contributed by atoms with van der Waals surface area (Å²) < 4.78 is 58.1. The largest absolute Gasteiger partial charge is 0.494 e. The van der Waals surface area contributed by atoms with Crippen LogP contribution in [0, 0.1) is 17.3 Å². The average Bonchev–Trinajstić information content (AvgIpc) is 3.60. The van der Waals surface area contributed by atoms with Crippen LogP contribution in [0.2, 0.25) is 0 Å². The van der Waals surface area contributed by atoms with Gasteiger partial charge in [-0.25, -0.2) is 9.97 Å². The Labute approximate surface area is 288 Å². The quantitative estimate of drug-likeness (QED) is 0.295. The molecule has 2 fully saturated rings. The summed E-state index contributed by atoms with van der Waals surface area (Å²) in [6, 6.07) is 8.15. The van der Waals surface area contributed by atoms with Gasteiger partial charge in [0.15, 0.2) is 5.82 Å². The summed E-state index contributed by atoms with van der Waals surface area (Å²) in [6.07, 6.45) is -2.58. The second kappa shape index (κ2) is 12.6. The maximum atomic E-state index is 14.2. The van der Waals surface area contributed by atoms with E-state index in [2.05, 4.69) is 9.88 Å². The molecule has 50 heavy (non-hydrogen) atoms. The van der Waals surface area contributed by atoms with E-state index in [9.17, 15) is 22.8 Å². The maximum Gasteiger partial charge on any atom is 0.402 e. The molecule has 11 nitrogen and oxygen atoms in total. The highest BCUT2D eigenvalue weighted by molar-refractivity contribution is 6.00. The molecular weight excluding hydrogens is 651 g/mol. The summed E-state index contributed by atoms with van der Waals surface area (Å²) in [5.74, 6) is 0.487. The smallest absolute Gasteiger partial charge is 0.402 e. The van der Waals surface area contributed by atoms with E-state index in [1.165, 1.54) is 0 Å². The zero-order valence-corrected chi connectivity index (χ0v) is 29.0. The second-order valence-electron chi connectivity index (χ2n) is 14.5. The molecule has 1 saturated heterocycles. The number of nitrogens with one attached hydrogen (secondary N) is 1. The monoisotopic (exact) mass is 695 g/mol. The Kier molecular flexibility index (Phi) is 8.61. The highest BCUT2D eigenvalue weighted by Gasteiger charge is 2.56. The lowest BCUT2D eigenvalue weighted by Gasteiger charge is -2.36. The highest BCUT2D eigenvalue weighted by Crippen LogP contribution is 2.48. The van der Waals surface area contributed by atoms with Crippen molar-refractivity contribution in [2.24, 2.45) is 30.0 Å². The SMILES string of the molecule is COc1cc(C(=O)N2CC[C@@H](OC)[C@@H](N)C2)cc2nc(-c3cc4ccc5nc4n3C[C@H]3C[C@H]3CCC[C@@](C)(C(F)(F)F)C(=O)N[C@@H]5C)n(C)c12. The van der Waals surface area contributed by atoms with Crippen LogP contribution in [0.5, 0.6) is 5.75 Å². The molecule has 1 saturated carbocycles. The molecule has 2 bridgehead atoms. The fraction of sp³-hybridized carbons (Fsp3) is 0.556. The minimum atomic E-state index is -4.67. The molecule has 5 heterocycles. The van der Waals surface area contributed by atoms with Crippen molar-refractivity contribution >= 4 is 33.9 Å². The number of imidazole rings is 1. The van der Waals surface area contributed by atoms with Crippen LogP contribution in [0.3, 0.4) is 0 Å². The number of nitrogens with two attached hydrogens (primary N) is 1. The standard InChI is InChI=1S/C36H44F3N7O4/c1-19-25-9-8-21-15-27(46(31(21)42-25)17-23-13-20(23)7-6-11-35(2,34(48)41-19)36(37,38)39)32-43-26-14-22(16-29(50-5)30(26)44(32)3)33(47)45-12-10-28(49-4)24(40)18-45/h8-9,14-16,19-20,23-24,28H,6-7,10-13,17-18,40H2,1-5H3,(H,41,48)/t19-,20-,23-,24+,28-,35-/m1/s1. The number of benzene rings is 1. The number of fused-ring (bicyclic) bond motifs is 3. The number of hydrogen-bond donors (Lipinski definition) is 2. The second-order valence-corrected chi connectivity index (χ2v) is 14.5. The summed E-state index contributed by atoms with van der Waals surface area (Å²) in [4.78, 5) is 38.6. The fourth-order valence-electron chi connectivity index (χ4n) is 7.85. The van der Waals surface area contributed by atoms with Gasteiger partial charge >= 0.3 is 6.18 Å². The van der Waals surface area contributed by atoms with E-state index in [1.807, 2.05) is 23.7 Å². The number of likely N-dealkylation sites (tertiary alicyclic amines) is 1. The first kappa shape index (κ1) is 34.3. The lowest BCUT2D eigenvalue weighted by molar-refractivity contribution is -0.219. The van der Waals surface area contributed by atoms with Gasteiger partial charge in [0.2, 0.25) is 5.91 Å². The predicted molar refractivity (Wildman–Crippen MR) is 181 cm³/mol. The predicted octanol–water partition coefficient (Wildman–Crippen LogP) is 5.35. The maximum absolute atomic E-state index is 14.2. The van der Waals surface area contributed by atoms with Crippen LogP contribution in [0.15, 0.2) is 30.3 Å². The first-order valence-electron chi connectivity index (χ1n) is 17.2. The number of halogens is 3. The van der Waals surface area contributed by atoms with Gasteiger partial charge < -0.3 is 34.6 Å². The number of piperidine rings is 1. The zero-order chi connectivity index (χ0) is 35.7. The third-order valence-electron chi connectivity index (χ3n) is 11.2. The minimum absolute atomic E-state index is 0.0957. The normalized spacial score (nSPS) is 27.7. The number of methoxy groups -OCH3 is 2. The molecule has 14 heteroatoms. The number of aromatic nitrogens is 4. The van der Waals surface area contributed by atoms with E-state index in [0.29, 0.717) is 72.9 Å². The summed E-state index contributed by atoms with van der Waals surface area (Å²) in [6.45, 7) is 4.19. The van der Waals surface area contributed by atoms with Gasteiger partial charge in [0.05, 0.1) is 36.2 Å². The Balaban J connectivity index is 1.29. The van der Waals surface area contributed by atoms with Crippen LogP contribution in [0.25, 0.3) is 33.6 Å². The van der Waals surface area contributed by atoms with Crippen molar-refractivity contribution in [3.05, 3.63) is 41.6 Å². The van der Waals surface area contributed by atoms with Gasteiger partial charge in [-0.15, -0.1) is 0 Å². The van der Waals surface area contributed by atoms with Crippen molar-refractivity contribution < 1.29 is 32.2 Å². The molecule has 268 valence electrons. The van der Waals surface area contributed by atoms with E-state index in [0.717, 1.165) is 29.9 Å². The number of aryl methyl sites for hydroxylation is 1. The van der Waals surface area contributed by atoms with Crippen LogP contribution in [0.4, 0.5) is 13.2 Å². The number of ether oxygens (including phenoxy) is 2. The molecule has 3 aliphatic rings. The van der Waals surface area contributed by atoms with Crippen LogP contribution in [0.1, 0.15) is 68.0 Å². The number of rotatable bonds is 4. The van der Waals surface area contributed by atoms with E-state index in [-0.39, 0.29) is 36.3 Å². The van der Waals surface area contributed by atoms with Gasteiger partial charge in [-0.3, -0.25) is 9.59 Å². The third-order valence-corrected chi connectivity index (χ3v) is 11.2. The van der Waals surface area contributed by atoms with Crippen molar-refractivity contribution in [2.45, 2.75) is 76.9 Å². The molecule has 2 amide bonds. The summed E-state index contributed by atoms with van der Waals surface area (Å²) in [7, 11) is 5.11. The van der Waals surface area contributed by atoms with Gasteiger partial charge in [0, 0.05) is 50.8 Å². The van der Waals surface area contributed by atoms with Crippen LogP contribution in [-0.4, -0.2) is 81.4 Å². The molecule has 7 rings (SSSR count). The first-order chi connectivity index (χ1) is 23.7. The van der Waals surface area contributed by atoms with Gasteiger partial charge in [-0.1, -0.05) is 12.8 Å². The number of amides is 2. The lowest BCUT2D eigenvalue weighted by Crippen LogP contribution is -2.53. The first-order valence-corrected chi connectivity index (χ1v) is 17.2. The van der Waals surface area contributed by atoms with Crippen LogP contribution >= 0.6 is 0 Å². The molecule has 4 aromatic rings. The Morgan fingerprint density at radius 1 is 1.10 bits per heavy atom. The van der Waals surface area contributed by atoms with Crippen molar-refractivity contribution in [2.75, 3.05) is 27.3 Å². The Morgan fingerprint density at radius 3 is 2.58 bits per heavy atom. The lowest BCUT2D eigenvalue weighted by atomic mass is 9.82.